The molecule has 1 unspecified atom stereocenters. The van der Waals surface area contributed by atoms with Gasteiger partial charge in [0.15, 0.2) is 6.54 Å². The van der Waals surface area contributed by atoms with E-state index in [-0.39, 0.29) is 5.41 Å². The maximum Gasteiger partial charge on any atom is 0.215 e. The fourth-order valence-electron chi connectivity index (χ4n) is 4.01. The average Bonchev–Trinajstić information content (AvgIpc) is 2.54. The summed E-state index contributed by atoms with van der Waals surface area (Å²) >= 11 is 0. The molecule has 0 spiro atoms. The molecule has 106 valence electrons. The Morgan fingerprint density at radius 3 is 2.52 bits per heavy atom. The number of rotatable bonds is 1. The van der Waals surface area contributed by atoms with E-state index in [0.717, 1.165) is 13.1 Å². The molecule has 2 aliphatic rings. The van der Waals surface area contributed by atoms with Crippen molar-refractivity contribution in [1.29, 1.82) is 0 Å². The first kappa shape index (κ1) is 12.8. The average molecular weight is 276 g/mol. The Balaban J connectivity index is 2.00. The van der Waals surface area contributed by atoms with Gasteiger partial charge in [-0.3, -0.25) is 0 Å². The minimum atomic E-state index is 0.270. The fourth-order valence-corrected chi connectivity index (χ4v) is 4.01. The number of hydrogen-bond acceptors (Lipinski definition) is 0. The van der Waals surface area contributed by atoms with Gasteiger partial charge in [-0.25, -0.2) is 4.58 Å². The smallest absolute Gasteiger partial charge is 0.215 e. The molecule has 2 aliphatic heterocycles. The largest absolute Gasteiger partial charge is 0.228 e. The summed E-state index contributed by atoms with van der Waals surface area (Å²) in [6, 6.07) is 17.9. The van der Waals surface area contributed by atoms with Gasteiger partial charge in [-0.05, 0) is 36.6 Å². The molecule has 0 bridgehead atoms. The van der Waals surface area contributed by atoms with Crippen LogP contribution in [-0.2, 0) is 11.8 Å². The lowest BCUT2D eigenvalue weighted by atomic mass is 9.72. The molecule has 1 atom stereocenters. The van der Waals surface area contributed by atoms with E-state index in [0.29, 0.717) is 0 Å². The van der Waals surface area contributed by atoms with Gasteiger partial charge in [-0.2, -0.15) is 0 Å². The van der Waals surface area contributed by atoms with Crippen molar-refractivity contribution in [1.82, 2.24) is 0 Å². The van der Waals surface area contributed by atoms with Gasteiger partial charge in [-0.15, -0.1) is 0 Å². The third-order valence-electron chi connectivity index (χ3n) is 5.39. The first-order valence-corrected chi connectivity index (χ1v) is 8.03. The fraction of sp³-hybridized carbons (Fsp3) is 0.350. The molecular formula is C20H22N+. The van der Waals surface area contributed by atoms with Crippen molar-refractivity contribution >= 4 is 5.71 Å². The van der Waals surface area contributed by atoms with Crippen molar-refractivity contribution in [3.8, 4) is 0 Å². The van der Waals surface area contributed by atoms with Crippen LogP contribution in [0.25, 0.3) is 0 Å². The summed E-state index contributed by atoms with van der Waals surface area (Å²) in [6.45, 7) is 7.03. The molecule has 0 saturated carbocycles. The van der Waals surface area contributed by atoms with Gasteiger partial charge in [-0.1, -0.05) is 43.3 Å². The topological polar surface area (TPSA) is 3.01 Å². The maximum atomic E-state index is 2.62. The molecule has 2 aromatic rings. The third kappa shape index (κ3) is 1.80. The Morgan fingerprint density at radius 1 is 1.00 bits per heavy atom. The summed E-state index contributed by atoms with van der Waals surface area (Å²) in [7, 11) is 0. The van der Waals surface area contributed by atoms with Crippen molar-refractivity contribution in [3.05, 3.63) is 70.8 Å². The van der Waals surface area contributed by atoms with Crippen LogP contribution in [0.3, 0.4) is 0 Å². The third-order valence-corrected chi connectivity index (χ3v) is 5.39. The Kier molecular flexibility index (Phi) is 2.78. The van der Waals surface area contributed by atoms with E-state index in [1.54, 1.807) is 0 Å². The second-order valence-electron chi connectivity index (χ2n) is 6.64. The van der Waals surface area contributed by atoms with Crippen molar-refractivity contribution in [2.75, 3.05) is 13.1 Å². The predicted molar refractivity (Wildman–Crippen MR) is 87.4 cm³/mol. The Labute approximate surface area is 127 Å². The molecule has 0 fully saturated rings. The standard InChI is InChI=1S/C20H22N/c1-3-20(2)14-21-13-12-15-8-4-5-9-16(15)19(21)17-10-6-7-11-18(17)20/h4-11H,3,12-14H2,1-2H3/q+1. The van der Waals surface area contributed by atoms with Gasteiger partial charge in [0, 0.05) is 12.0 Å². The highest BCUT2D eigenvalue weighted by molar-refractivity contribution is 6.12. The minimum Gasteiger partial charge on any atom is -0.228 e. The van der Waals surface area contributed by atoms with Crippen LogP contribution in [0.15, 0.2) is 48.5 Å². The van der Waals surface area contributed by atoms with Crippen LogP contribution in [0.5, 0.6) is 0 Å². The Hall–Kier alpha value is -1.89. The van der Waals surface area contributed by atoms with Crippen LogP contribution in [0.4, 0.5) is 0 Å². The molecule has 4 rings (SSSR count). The van der Waals surface area contributed by atoms with Crippen LogP contribution >= 0.6 is 0 Å². The molecule has 2 heterocycles. The number of fused-ring (bicyclic) bond motifs is 4. The van der Waals surface area contributed by atoms with Gasteiger partial charge in [0.25, 0.3) is 0 Å². The number of benzene rings is 2. The molecule has 2 aromatic carbocycles. The monoisotopic (exact) mass is 276 g/mol. The zero-order chi connectivity index (χ0) is 14.4. The maximum absolute atomic E-state index is 2.62. The molecule has 0 aromatic heterocycles. The summed E-state index contributed by atoms with van der Waals surface area (Å²) in [5.41, 5.74) is 7.63. The molecule has 0 saturated heterocycles. The van der Waals surface area contributed by atoms with Crippen LogP contribution in [-0.4, -0.2) is 23.4 Å². The molecule has 0 amide bonds. The summed E-state index contributed by atoms with van der Waals surface area (Å²) in [4.78, 5) is 0. The zero-order valence-corrected chi connectivity index (χ0v) is 12.9. The molecule has 0 N–H and O–H groups in total. The Morgan fingerprint density at radius 2 is 1.71 bits per heavy atom. The van der Waals surface area contributed by atoms with Crippen molar-refractivity contribution < 1.29 is 4.58 Å². The van der Waals surface area contributed by atoms with Gasteiger partial charge in [0.1, 0.15) is 6.54 Å². The highest BCUT2D eigenvalue weighted by Gasteiger charge is 2.42. The first-order valence-electron chi connectivity index (χ1n) is 8.03. The summed E-state index contributed by atoms with van der Waals surface area (Å²) in [5.74, 6) is 0. The SMILES string of the molecule is CCC1(C)C[N+]2=C(c3ccccc3CC2)c2ccccc21. The van der Waals surface area contributed by atoms with Crippen molar-refractivity contribution in [2.24, 2.45) is 0 Å². The van der Waals surface area contributed by atoms with E-state index in [1.165, 1.54) is 40.8 Å². The van der Waals surface area contributed by atoms with E-state index in [9.17, 15) is 0 Å². The van der Waals surface area contributed by atoms with Crippen LogP contribution in [0, 0.1) is 0 Å². The second-order valence-corrected chi connectivity index (χ2v) is 6.64. The molecule has 0 radical (unpaired) electrons. The van der Waals surface area contributed by atoms with Gasteiger partial charge < -0.3 is 0 Å². The lowest BCUT2D eigenvalue weighted by Crippen LogP contribution is -2.45. The summed E-state index contributed by atoms with van der Waals surface area (Å²) < 4.78 is 2.62. The Bertz CT molecular complexity index is 741. The lowest BCUT2D eigenvalue weighted by molar-refractivity contribution is -0.539. The highest BCUT2D eigenvalue weighted by atomic mass is 15.0. The van der Waals surface area contributed by atoms with E-state index >= 15 is 0 Å². The minimum absolute atomic E-state index is 0.270. The van der Waals surface area contributed by atoms with E-state index in [1.807, 2.05) is 0 Å². The van der Waals surface area contributed by atoms with Gasteiger partial charge >= 0.3 is 0 Å². The van der Waals surface area contributed by atoms with E-state index < -0.39 is 0 Å². The number of hydrogen-bond donors (Lipinski definition) is 0. The lowest BCUT2D eigenvalue weighted by Gasteiger charge is -2.35. The highest BCUT2D eigenvalue weighted by Crippen LogP contribution is 2.37. The first-order chi connectivity index (χ1) is 10.2. The van der Waals surface area contributed by atoms with E-state index in [4.69, 9.17) is 0 Å². The summed E-state index contributed by atoms with van der Waals surface area (Å²) in [6.07, 6.45) is 2.36. The molecule has 1 nitrogen and oxygen atoms in total. The normalized spacial score (nSPS) is 23.3. The molecule has 21 heavy (non-hydrogen) atoms. The van der Waals surface area contributed by atoms with Crippen molar-refractivity contribution in [3.63, 3.8) is 0 Å². The zero-order valence-electron chi connectivity index (χ0n) is 12.9. The quantitative estimate of drug-likeness (QED) is 0.697. The van der Waals surface area contributed by atoms with Gasteiger partial charge in [0.2, 0.25) is 5.71 Å². The number of nitrogens with zero attached hydrogens (tertiary/aromatic N) is 1. The van der Waals surface area contributed by atoms with Crippen LogP contribution in [0.1, 0.15) is 42.5 Å². The van der Waals surface area contributed by atoms with Gasteiger partial charge in [0.05, 0.1) is 11.0 Å². The predicted octanol–water partition coefficient (Wildman–Crippen LogP) is 3.77. The molecule has 0 aliphatic carbocycles. The van der Waals surface area contributed by atoms with Crippen LogP contribution < -0.4 is 0 Å². The van der Waals surface area contributed by atoms with Crippen LogP contribution in [0.2, 0.25) is 0 Å². The second kappa shape index (κ2) is 4.56. The van der Waals surface area contributed by atoms with E-state index in [2.05, 4.69) is 67.0 Å². The molecular weight excluding hydrogens is 254 g/mol. The molecule has 1 heteroatoms. The summed E-state index contributed by atoms with van der Waals surface area (Å²) in [5, 5.41) is 0. The van der Waals surface area contributed by atoms with Crippen molar-refractivity contribution in [2.45, 2.75) is 32.1 Å².